The van der Waals surface area contributed by atoms with Gasteiger partial charge in [0.2, 0.25) is 0 Å². The zero-order chi connectivity index (χ0) is 10.4. The average molecular weight is 200 g/mol. The van der Waals surface area contributed by atoms with Gasteiger partial charge in [0.15, 0.2) is 0 Å². The summed E-state index contributed by atoms with van der Waals surface area (Å²) in [5.74, 6) is 0. The molecule has 0 aromatic heterocycles. The Morgan fingerprint density at radius 1 is 1.43 bits per heavy atom. The van der Waals surface area contributed by atoms with Crippen LogP contribution in [0.5, 0.6) is 0 Å². The molecule has 0 spiro atoms. The summed E-state index contributed by atoms with van der Waals surface area (Å²) in [5.41, 5.74) is 0. The zero-order valence-electron chi connectivity index (χ0n) is 9.58. The van der Waals surface area contributed by atoms with Gasteiger partial charge in [0.25, 0.3) is 0 Å². The smallest absolute Gasteiger partial charge is 0.0558 e. The molecule has 0 aliphatic carbocycles. The number of rotatable bonds is 6. The Labute approximate surface area is 87.7 Å². The molecule has 1 unspecified atom stereocenters. The highest BCUT2D eigenvalue weighted by Gasteiger charge is 2.20. The molecule has 1 rings (SSSR count). The summed E-state index contributed by atoms with van der Waals surface area (Å²) in [5, 5.41) is 8.86. The Kier molecular flexibility index (Phi) is 5.45. The van der Waals surface area contributed by atoms with E-state index in [1.165, 1.54) is 25.8 Å². The van der Waals surface area contributed by atoms with Crippen LogP contribution in [0, 0.1) is 0 Å². The third-order valence-corrected chi connectivity index (χ3v) is 3.31. The molecule has 0 aromatic rings. The second-order valence-corrected chi connectivity index (χ2v) is 4.22. The molecule has 0 saturated carbocycles. The molecule has 1 atom stereocenters. The van der Waals surface area contributed by atoms with Gasteiger partial charge in [-0.15, -0.1) is 0 Å². The summed E-state index contributed by atoms with van der Waals surface area (Å²) in [6.07, 6.45) is 3.96. The number of aliphatic hydroxyl groups is 1. The second-order valence-electron chi connectivity index (χ2n) is 4.22. The summed E-state index contributed by atoms with van der Waals surface area (Å²) < 4.78 is 0. The van der Waals surface area contributed by atoms with E-state index < -0.39 is 0 Å². The SMILES string of the molecule is CCN(CCO)CCC1CCCN1C. The van der Waals surface area contributed by atoms with Crippen LogP contribution in [0.15, 0.2) is 0 Å². The minimum atomic E-state index is 0.286. The number of hydrogen-bond donors (Lipinski definition) is 1. The number of likely N-dealkylation sites (N-methyl/N-ethyl adjacent to an activating group) is 1. The lowest BCUT2D eigenvalue weighted by Crippen LogP contribution is -2.33. The standard InChI is InChI=1S/C11H24N2O/c1-3-13(9-10-14)8-6-11-5-4-7-12(11)2/h11,14H,3-10H2,1-2H3. The first-order chi connectivity index (χ1) is 6.77. The Morgan fingerprint density at radius 3 is 2.71 bits per heavy atom. The molecule has 3 heteroatoms. The number of nitrogens with zero attached hydrogens (tertiary/aromatic N) is 2. The van der Waals surface area contributed by atoms with E-state index in [4.69, 9.17) is 5.11 Å². The van der Waals surface area contributed by atoms with Crippen LogP contribution >= 0.6 is 0 Å². The van der Waals surface area contributed by atoms with Crippen molar-refractivity contribution in [2.24, 2.45) is 0 Å². The van der Waals surface area contributed by atoms with E-state index in [0.717, 1.165) is 25.7 Å². The summed E-state index contributed by atoms with van der Waals surface area (Å²) in [7, 11) is 2.22. The minimum Gasteiger partial charge on any atom is -0.395 e. The topological polar surface area (TPSA) is 26.7 Å². The third-order valence-electron chi connectivity index (χ3n) is 3.31. The summed E-state index contributed by atoms with van der Waals surface area (Å²) >= 11 is 0. The fourth-order valence-corrected chi connectivity index (χ4v) is 2.25. The molecule has 1 heterocycles. The number of likely N-dealkylation sites (tertiary alicyclic amines) is 1. The highest BCUT2D eigenvalue weighted by molar-refractivity contribution is 4.77. The van der Waals surface area contributed by atoms with E-state index in [2.05, 4.69) is 23.8 Å². The van der Waals surface area contributed by atoms with Gasteiger partial charge in [-0.2, -0.15) is 0 Å². The first kappa shape index (κ1) is 12.0. The van der Waals surface area contributed by atoms with Gasteiger partial charge in [-0.25, -0.2) is 0 Å². The lowest BCUT2D eigenvalue weighted by molar-refractivity contribution is 0.184. The molecule has 1 saturated heterocycles. The molecule has 0 aromatic carbocycles. The van der Waals surface area contributed by atoms with E-state index in [1.54, 1.807) is 0 Å². The van der Waals surface area contributed by atoms with Crippen LogP contribution in [-0.2, 0) is 0 Å². The van der Waals surface area contributed by atoms with Crippen molar-refractivity contribution < 1.29 is 5.11 Å². The van der Waals surface area contributed by atoms with Crippen LogP contribution in [-0.4, -0.2) is 60.8 Å². The monoisotopic (exact) mass is 200 g/mol. The second kappa shape index (κ2) is 6.38. The van der Waals surface area contributed by atoms with E-state index >= 15 is 0 Å². The fraction of sp³-hybridized carbons (Fsp3) is 1.00. The number of aliphatic hydroxyl groups excluding tert-OH is 1. The molecule has 3 nitrogen and oxygen atoms in total. The van der Waals surface area contributed by atoms with Crippen molar-refractivity contribution in [3.05, 3.63) is 0 Å². The highest BCUT2D eigenvalue weighted by Crippen LogP contribution is 2.17. The molecule has 1 fully saturated rings. The van der Waals surface area contributed by atoms with E-state index in [0.29, 0.717) is 0 Å². The van der Waals surface area contributed by atoms with Gasteiger partial charge in [0.1, 0.15) is 0 Å². The minimum absolute atomic E-state index is 0.286. The molecular weight excluding hydrogens is 176 g/mol. The van der Waals surface area contributed by atoms with Crippen molar-refractivity contribution in [3.8, 4) is 0 Å². The molecule has 0 radical (unpaired) electrons. The largest absolute Gasteiger partial charge is 0.395 e. The van der Waals surface area contributed by atoms with Crippen molar-refractivity contribution in [1.82, 2.24) is 9.80 Å². The van der Waals surface area contributed by atoms with Crippen molar-refractivity contribution in [1.29, 1.82) is 0 Å². The molecule has 0 bridgehead atoms. The highest BCUT2D eigenvalue weighted by atomic mass is 16.3. The van der Waals surface area contributed by atoms with Gasteiger partial charge in [0.05, 0.1) is 6.61 Å². The van der Waals surface area contributed by atoms with Gasteiger partial charge in [-0.1, -0.05) is 6.92 Å². The van der Waals surface area contributed by atoms with Gasteiger partial charge < -0.3 is 14.9 Å². The van der Waals surface area contributed by atoms with E-state index in [1.807, 2.05) is 0 Å². The first-order valence-corrected chi connectivity index (χ1v) is 5.81. The van der Waals surface area contributed by atoms with Gasteiger partial charge in [-0.05, 0) is 45.9 Å². The van der Waals surface area contributed by atoms with Crippen molar-refractivity contribution in [2.45, 2.75) is 32.2 Å². The Morgan fingerprint density at radius 2 is 2.21 bits per heavy atom. The van der Waals surface area contributed by atoms with Crippen LogP contribution < -0.4 is 0 Å². The Balaban J connectivity index is 2.17. The molecule has 14 heavy (non-hydrogen) atoms. The Bertz CT molecular complexity index is 152. The van der Waals surface area contributed by atoms with Crippen LogP contribution in [0.2, 0.25) is 0 Å². The summed E-state index contributed by atoms with van der Waals surface area (Å²) in [4.78, 5) is 4.79. The van der Waals surface area contributed by atoms with Crippen molar-refractivity contribution in [2.75, 3.05) is 39.8 Å². The fourth-order valence-electron chi connectivity index (χ4n) is 2.25. The maximum Gasteiger partial charge on any atom is 0.0558 e. The normalized spacial score (nSPS) is 23.6. The molecule has 1 aliphatic rings. The van der Waals surface area contributed by atoms with Crippen LogP contribution in [0.25, 0.3) is 0 Å². The Hall–Kier alpha value is -0.120. The van der Waals surface area contributed by atoms with Gasteiger partial charge in [0, 0.05) is 12.6 Å². The molecule has 1 aliphatic heterocycles. The van der Waals surface area contributed by atoms with Gasteiger partial charge >= 0.3 is 0 Å². The third kappa shape index (κ3) is 3.56. The number of hydrogen-bond acceptors (Lipinski definition) is 3. The lowest BCUT2D eigenvalue weighted by atomic mass is 10.1. The van der Waals surface area contributed by atoms with E-state index in [9.17, 15) is 0 Å². The summed E-state index contributed by atoms with van der Waals surface area (Å²) in [6, 6.07) is 0.780. The van der Waals surface area contributed by atoms with E-state index in [-0.39, 0.29) is 6.61 Å². The first-order valence-electron chi connectivity index (χ1n) is 5.81. The predicted octanol–water partition coefficient (Wildman–Crippen LogP) is 0.785. The van der Waals surface area contributed by atoms with Crippen LogP contribution in [0.3, 0.4) is 0 Å². The average Bonchev–Trinajstić information content (AvgIpc) is 2.59. The molecule has 1 N–H and O–H groups in total. The lowest BCUT2D eigenvalue weighted by Gasteiger charge is -2.24. The maximum absolute atomic E-state index is 8.86. The maximum atomic E-state index is 8.86. The van der Waals surface area contributed by atoms with Crippen molar-refractivity contribution in [3.63, 3.8) is 0 Å². The zero-order valence-corrected chi connectivity index (χ0v) is 9.58. The predicted molar refractivity (Wildman–Crippen MR) is 59.5 cm³/mol. The van der Waals surface area contributed by atoms with Crippen LogP contribution in [0.1, 0.15) is 26.2 Å². The quantitative estimate of drug-likeness (QED) is 0.686. The molecular formula is C11H24N2O. The molecule has 0 amide bonds. The summed E-state index contributed by atoms with van der Waals surface area (Å²) in [6.45, 7) is 6.72. The van der Waals surface area contributed by atoms with Crippen molar-refractivity contribution >= 4 is 0 Å². The van der Waals surface area contributed by atoms with Crippen LogP contribution in [0.4, 0.5) is 0 Å². The van der Waals surface area contributed by atoms with Gasteiger partial charge in [-0.3, -0.25) is 0 Å². The molecule has 84 valence electrons.